The highest BCUT2D eigenvalue weighted by Gasteiger charge is 2.52. The molecule has 4 rings (SSSR count). The molecule has 0 bridgehead atoms. The summed E-state index contributed by atoms with van der Waals surface area (Å²) in [5, 5.41) is 47.4. The Balaban J connectivity index is 1.78. The van der Waals surface area contributed by atoms with Gasteiger partial charge in [-0.2, -0.15) is 0 Å². The summed E-state index contributed by atoms with van der Waals surface area (Å²) in [4.78, 5) is 57.1. The van der Waals surface area contributed by atoms with Crippen molar-refractivity contribution in [1.82, 2.24) is 0 Å². The molecule has 0 radical (unpaired) electrons. The molecule has 4 aliphatic rings. The van der Waals surface area contributed by atoms with Gasteiger partial charge in [-0.05, 0) is 91.3 Å². The quantitative estimate of drug-likeness (QED) is 0.0669. The van der Waals surface area contributed by atoms with E-state index < -0.39 is 102 Å². The van der Waals surface area contributed by atoms with Crippen LogP contribution in [0.15, 0.2) is 93.2 Å². The van der Waals surface area contributed by atoms with Crippen LogP contribution in [0.25, 0.3) is 0 Å². The first-order valence-corrected chi connectivity index (χ1v) is 33.0. The Bertz CT molecular complexity index is 2470. The second kappa shape index (κ2) is 26.9. The highest BCUT2D eigenvalue weighted by atomic mass is 16.6. The number of hydrogen-bond acceptors (Lipinski definition) is 12. The van der Waals surface area contributed by atoms with Gasteiger partial charge < -0.3 is 39.4 Å². The molecule has 8 unspecified atom stereocenters. The molecule has 504 valence electrons. The van der Waals surface area contributed by atoms with E-state index in [2.05, 4.69) is 190 Å². The molecule has 0 fully saturated rings. The van der Waals surface area contributed by atoms with E-state index in [1.807, 2.05) is 52.0 Å². The Hall–Kier alpha value is -4.36. The van der Waals surface area contributed by atoms with E-state index in [-0.39, 0.29) is 69.0 Å². The average molecular weight is 1240 g/mol. The third-order valence-corrected chi connectivity index (χ3v) is 21.3. The Morgan fingerprint density at radius 2 is 0.483 bits per heavy atom. The topological polar surface area (TPSA) is 186 Å². The molecule has 89 heavy (non-hydrogen) atoms. The van der Waals surface area contributed by atoms with E-state index in [1.54, 1.807) is 0 Å². The SMILES string of the molecule is CC(C)(C)C1=CC(CCC(=O)OCC(COC(=O)CCC2=CC(C)(C(C)(C)C)C(O)C(C(C)(C)C)=C2)(COC(=O)CCC2=CC(C)(C(C)(C)C)C(O)C(C(C)(C)C)=C2)COC(=O)CCC2=CC(C)(C(C)(C)C)C(O)C(C(C)(C)C)=C2)=CC(C)(C(C)(C)C)C1O. The van der Waals surface area contributed by atoms with Gasteiger partial charge in [0.2, 0.25) is 0 Å². The zero-order chi connectivity index (χ0) is 68.7. The maximum Gasteiger partial charge on any atom is 0.306 e. The summed E-state index contributed by atoms with van der Waals surface area (Å²) in [6.45, 7) is 56.4. The third-order valence-electron chi connectivity index (χ3n) is 21.3. The molecule has 0 aromatic heterocycles. The molecule has 12 heteroatoms. The summed E-state index contributed by atoms with van der Waals surface area (Å²) < 4.78 is 24.8. The Kier molecular flexibility index (Phi) is 23.3. The van der Waals surface area contributed by atoms with E-state index in [1.165, 1.54) is 0 Å². The lowest BCUT2D eigenvalue weighted by atomic mass is 9.58. The summed E-state index contributed by atoms with van der Waals surface area (Å²) in [5.74, 6) is -2.30. The maximum atomic E-state index is 14.3. The number of rotatable bonds is 20. The minimum absolute atomic E-state index is 0.0460. The van der Waals surface area contributed by atoms with Gasteiger partial charge in [0.05, 0.1) is 24.4 Å². The van der Waals surface area contributed by atoms with Gasteiger partial charge in [-0.15, -0.1) is 0 Å². The van der Waals surface area contributed by atoms with Crippen molar-refractivity contribution >= 4 is 23.9 Å². The third kappa shape index (κ3) is 18.1. The van der Waals surface area contributed by atoms with Crippen LogP contribution in [0.1, 0.15) is 245 Å². The largest absolute Gasteiger partial charge is 0.465 e. The normalized spacial score (nSPS) is 27.5. The van der Waals surface area contributed by atoms with E-state index >= 15 is 0 Å². The lowest BCUT2D eigenvalue weighted by molar-refractivity contribution is -0.170. The smallest absolute Gasteiger partial charge is 0.306 e. The molecule has 4 aliphatic carbocycles. The number of hydrogen-bond donors (Lipinski definition) is 4. The van der Waals surface area contributed by atoms with E-state index in [0.29, 0.717) is 25.7 Å². The van der Waals surface area contributed by atoms with Crippen LogP contribution < -0.4 is 0 Å². The molecule has 0 aromatic rings. The number of ether oxygens (including phenoxy) is 4. The van der Waals surface area contributed by atoms with Crippen LogP contribution in [-0.2, 0) is 38.1 Å². The number of allylic oxidation sites excluding steroid dienone is 8. The number of carbonyl (C=O) groups excluding carboxylic acids is 4. The molecule has 0 saturated heterocycles. The van der Waals surface area contributed by atoms with E-state index in [4.69, 9.17) is 18.9 Å². The second-order valence-corrected chi connectivity index (χ2v) is 36.2. The van der Waals surface area contributed by atoms with Crippen molar-refractivity contribution in [3.8, 4) is 0 Å². The van der Waals surface area contributed by atoms with Gasteiger partial charge in [-0.3, -0.25) is 19.2 Å². The predicted molar refractivity (Wildman–Crippen MR) is 360 cm³/mol. The Morgan fingerprint density at radius 3 is 0.618 bits per heavy atom. The zero-order valence-corrected chi connectivity index (χ0v) is 61.0. The van der Waals surface area contributed by atoms with Gasteiger partial charge in [-0.1, -0.05) is 265 Å². The zero-order valence-electron chi connectivity index (χ0n) is 61.0. The van der Waals surface area contributed by atoms with Crippen molar-refractivity contribution in [2.24, 2.45) is 70.4 Å². The molecule has 0 amide bonds. The van der Waals surface area contributed by atoms with Gasteiger partial charge in [0.25, 0.3) is 0 Å². The molecule has 0 saturated carbocycles. The van der Waals surface area contributed by atoms with Gasteiger partial charge in [0, 0.05) is 47.3 Å². The molecular formula is C77H124O12. The summed E-state index contributed by atoms with van der Waals surface area (Å²) in [6.07, 6.45) is 14.3. The maximum absolute atomic E-state index is 14.3. The van der Waals surface area contributed by atoms with Gasteiger partial charge in [0.15, 0.2) is 0 Å². The minimum atomic E-state index is -1.58. The lowest BCUT2D eigenvalue weighted by Crippen LogP contribution is -2.47. The monoisotopic (exact) mass is 1240 g/mol. The van der Waals surface area contributed by atoms with Crippen LogP contribution in [0.4, 0.5) is 0 Å². The van der Waals surface area contributed by atoms with Crippen LogP contribution in [-0.4, -0.2) is 95.1 Å². The summed E-state index contributed by atoms with van der Waals surface area (Å²) in [6, 6.07) is 0. The molecule has 0 aliphatic heterocycles. The molecule has 4 N–H and O–H groups in total. The van der Waals surface area contributed by atoms with Gasteiger partial charge in [0.1, 0.15) is 31.8 Å². The minimum Gasteiger partial charge on any atom is -0.465 e. The van der Waals surface area contributed by atoms with Crippen LogP contribution >= 0.6 is 0 Å². The Morgan fingerprint density at radius 1 is 0.326 bits per heavy atom. The summed E-state index contributed by atoms with van der Waals surface area (Å²) in [7, 11) is 0. The molecule has 8 atom stereocenters. The van der Waals surface area contributed by atoms with Crippen LogP contribution in [0.5, 0.6) is 0 Å². The molecular weight excluding hydrogens is 1120 g/mol. The number of carbonyl (C=O) groups is 4. The van der Waals surface area contributed by atoms with Crippen molar-refractivity contribution < 1.29 is 58.6 Å². The van der Waals surface area contributed by atoms with Crippen LogP contribution in [0, 0.1) is 70.4 Å². The highest BCUT2D eigenvalue weighted by molar-refractivity contribution is 5.72. The molecule has 0 heterocycles. The van der Waals surface area contributed by atoms with Gasteiger partial charge >= 0.3 is 23.9 Å². The van der Waals surface area contributed by atoms with E-state index in [0.717, 1.165) is 44.6 Å². The first-order valence-electron chi connectivity index (χ1n) is 33.0. The van der Waals surface area contributed by atoms with Gasteiger partial charge in [-0.25, -0.2) is 0 Å². The fourth-order valence-electron chi connectivity index (χ4n) is 12.5. The number of aliphatic hydroxyl groups is 4. The fraction of sp³-hybridized carbons (Fsp3) is 0.740. The summed E-state index contributed by atoms with van der Waals surface area (Å²) in [5.41, 5.74) is 0.0202. The van der Waals surface area contributed by atoms with Crippen molar-refractivity contribution in [3.63, 3.8) is 0 Å². The fourth-order valence-corrected chi connectivity index (χ4v) is 12.5. The first kappa shape index (κ1) is 77.1. The lowest BCUT2D eigenvalue weighted by Gasteiger charge is -2.49. The predicted octanol–water partition coefficient (Wildman–Crippen LogP) is 16.6. The standard InChI is InChI=1S/C77H124O12/c1-65(2,3)53-37-49(41-73(25,61(53)82)69(13,14)15)29-33-57(78)86-45-77(46-87-58(79)34-30-50-38-54(66(4,5)6)62(83)74(26,42-50)70(16,17)18,47-88-59(80)35-31-51-39-55(67(7,8)9)63(84)75(27,43-51)71(19,20)21)48-89-60(81)36-32-52-40-56(68(10,11)12)64(85)76(28,44-52)72(22,23)24/h37-44,61-64,82-85H,29-36,45-48H2,1-28H3. The van der Waals surface area contributed by atoms with Crippen molar-refractivity contribution in [2.75, 3.05) is 26.4 Å². The average Bonchev–Trinajstić information content (AvgIpc) is 0.828. The van der Waals surface area contributed by atoms with E-state index in [9.17, 15) is 39.6 Å². The Labute approximate surface area is 539 Å². The molecule has 0 aromatic carbocycles. The number of esters is 4. The van der Waals surface area contributed by atoms with Crippen LogP contribution in [0.2, 0.25) is 0 Å². The molecule has 12 nitrogen and oxygen atoms in total. The summed E-state index contributed by atoms with van der Waals surface area (Å²) >= 11 is 0. The van der Waals surface area contributed by atoms with Crippen LogP contribution in [0.3, 0.4) is 0 Å². The van der Waals surface area contributed by atoms with Crippen molar-refractivity contribution in [3.05, 3.63) is 93.2 Å². The highest BCUT2D eigenvalue weighted by Crippen LogP contribution is 2.55. The van der Waals surface area contributed by atoms with Crippen molar-refractivity contribution in [1.29, 1.82) is 0 Å². The number of aliphatic hydroxyl groups excluding tert-OH is 4. The van der Waals surface area contributed by atoms with Crippen molar-refractivity contribution in [2.45, 2.75) is 270 Å². The molecule has 0 spiro atoms. The first-order chi connectivity index (χ1) is 39.9. The second-order valence-electron chi connectivity index (χ2n) is 36.2.